The van der Waals surface area contributed by atoms with Crippen LogP contribution in [0.4, 0.5) is 5.69 Å². The van der Waals surface area contributed by atoms with Gasteiger partial charge in [-0.25, -0.2) is 0 Å². The second kappa shape index (κ2) is 9.76. The number of epoxide rings is 1. The first-order valence-electron chi connectivity index (χ1n) is 10.4. The Balaban J connectivity index is 1.11. The minimum atomic E-state index is 0.0629. The van der Waals surface area contributed by atoms with Crippen molar-refractivity contribution in [3.8, 4) is 5.75 Å². The van der Waals surface area contributed by atoms with Gasteiger partial charge in [0.25, 0.3) is 0 Å². The number of rotatable bonds is 9. The van der Waals surface area contributed by atoms with Crippen molar-refractivity contribution in [3.63, 3.8) is 0 Å². The summed E-state index contributed by atoms with van der Waals surface area (Å²) in [4.78, 5) is 17.0. The summed E-state index contributed by atoms with van der Waals surface area (Å²) in [5.41, 5.74) is 2.28. The van der Waals surface area contributed by atoms with Crippen LogP contribution in [-0.4, -0.2) is 69.4 Å². The largest absolute Gasteiger partial charge is 0.491 e. The van der Waals surface area contributed by atoms with E-state index in [4.69, 9.17) is 9.47 Å². The van der Waals surface area contributed by atoms with Crippen LogP contribution in [0.5, 0.6) is 5.75 Å². The van der Waals surface area contributed by atoms with Crippen LogP contribution in [-0.2, 0) is 16.0 Å². The fourth-order valence-corrected chi connectivity index (χ4v) is 3.53. The number of hydrogen-bond acceptors (Lipinski definition) is 5. The van der Waals surface area contributed by atoms with Crippen LogP contribution in [0, 0.1) is 0 Å². The number of carbonyl (C=O) groups excluding carboxylic acids is 1. The lowest BCUT2D eigenvalue weighted by Crippen LogP contribution is -2.48. The number of nitrogens with zero attached hydrogens (tertiary/aromatic N) is 2. The van der Waals surface area contributed by atoms with E-state index >= 15 is 0 Å². The Morgan fingerprint density at radius 2 is 1.76 bits per heavy atom. The van der Waals surface area contributed by atoms with Gasteiger partial charge in [-0.1, -0.05) is 30.3 Å². The number of ether oxygens (including phenoxy) is 2. The maximum Gasteiger partial charge on any atom is 0.224 e. The molecular weight excluding hydrogens is 366 g/mol. The fourth-order valence-electron chi connectivity index (χ4n) is 3.53. The van der Waals surface area contributed by atoms with E-state index in [2.05, 4.69) is 45.4 Å². The molecule has 1 amide bonds. The topological polar surface area (TPSA) is 57.3 Å². The highest BCUT2D eigenvalue weighted by Crippen LogP contribution is 2.17. The normalized spacial score (nSPS) is 19.0. The quantitative estimate of drug-likeness (QED) is 0.658. The number of carbonyl (C=O) groups is 1. The van der Waals surface area contributed by atoms with Gasteiger partial charge in [-0.3, -0.25) is 9.69 Å². The zero-order valence-corrected chi connectivity index (χ0v) is 16.8. The average Bonchev–Trinajstić information content (AvgIpc) is 3.59. The molecule has 1 N–H and O–H groups in total. The van der Waals surface area contributed by atoms with Crippen molar-refractivity contribution < 1.29 is 14.3 Å². The van der Waals surface area contributed by atoms with E-state index in [-0.39, 0.29) is 12.0 Å². The summed E-state index contributed by atoms with van der Waals surface area (Å²) in [6.07, 6.45) is 0.648. The standard InChI is InChI=1S/C23H29N3O3/c27-23(16-19-6-8-21(9-7-19)28-17-22-18-29-22)24-10-11-25-12-14-26(15-13-25)20-4-2-1-3-5-20/h1-9,22H,10-18H2,(H,24,27). The average molecular weight is 396 g/mol. The van der Waals surface area contributed by atoms with Crippen LogP contribution >= 0.6 is 0 Å². The molecule has 2 aromatic rings. The summed E-state index contributed by atoms with van der Waals surface area (Å²) >= 11 is 0. The Hall–Kier alpha value is -2.57. The van der Waals surface area contributed by atoms with Crippen LogP contribution in [0.3, 0.4) is 0 Å². The third-order valence-electron chi connectivity index (χ3n) is 5.37. The van der Waals surface area contributed by atoms with Gasteiger partial charge in [-0.05, 0) is 29.8 Å². The van der Waals surface area contributed by atoms with Gasteiger partial charge in [0.2, 0.25) is 5.91 Å². The predicted octanol–water partition coefficient (Wildman–Crippen LogP) is 1.95. The molecule has 29 heavy (non-hydrogen) atoms. The molecule has 2 aliphatic heterocycles. The Labute approximate surface area is 172 Å². The third-order valence-corrected chi connectivity index (χ3v) is 5.37. The molecule has 1 atom stereocenters. The molecule has 0 saturated carbocycles. The van der Waals surface area contributed by atoms with E-state index < -0.39 is 0 Å². The van der Waals surface area contributed by atoms with Gasteiger partial charge in [0, 0.05) is 45.0 Å². The number of piperazine rings is 1. The van der Waals surface area contributed by atoms with Crippen LogP contribution in [0.1, 0.15) is 5.56 Å². The van der Waals surface area contributed by atoms with Gasteiger partial charge in [-0.2, -0.15) is 0 Å². The van der Waals surface area contributed by atoms with E-state index in [1.54, 1.807) is 0 Å². The minimum absolute atomic E-state index is 0.0629. The van der Waals surface area contributed by atoms with Crippen LogP contribution < -0.4 is 15.0 Å². The summed E-state index contributed by atoms with van der Waals surface area (Å²) in [6, 6.07) is 18.3. The van der Waals surface area contributed by atoms with E-state index in [0.29, 0.717) is 19.6 Å². The van der Waals surface area contributed by atoms with Crippen molar-refractivity contribution >= 4 is 11.6 Å². The molecule has 2 saturated heterocycles. The summed E-state index contributed by atoms with van der Waals surface area (Å²) < 4.78 is 10.8. The summed E-state index contributed by atoms with van der Waals surface area (Å²) in [5, 5.41) is 3.04. The molecule has 6 nitrogen and oxygen atoms in total. The number of nitrogens with one attached hydrogen (secondary N) is 1. The highest BCUT2D eigenvalue weighted by molar-refractivity contribution is 5.78. The van der Waals surface area contributed by atoms with Crippen LogP contribution in [0.15, 0.2) is 54.6 Å². The molecule has 2 aromatic carbocycles. The lowest BCUT2D eigenvalue weighted by Gasteiger charge is -2.36. The van der Waals surface area contributed by atoms with Crippen molar-refractivity contribution in [1.29, 1.82) is 0 Å². The van der Waals surface area contributed by atoms with Gasteiger partial charge >= 0.3 is 0 Å². The van der Waals surface area contributed by atoms with E-state index in [1.807, 2.05) is 24.3 Å². The van der Waals surface area contributed by atoms with Crippen molar-refractivity contribution in [1.82, 2.24) is 10.2 Å². The summed E-state index contributed by atoms with van der Waals surface area (Å²) in [5.74, 6) is 0.882. The molecule has 0 spiro atoms. The van der Waals surface area contributed by atoms with Gasteiger partial charge < -0.3 is 19.7 Å². The maximum absolute atomic E-state index is 12.2. The Morgan fingerprint density at radius 1 is 1.03 bits per heavy atom. The van der Waals surface area contributed by atoms with Crippen molar-refractivity contribution in [2.45, 2.75) is 12.5 Å². The van der Waals surface area contributed by atoms with Gasteiger partial charge in [0.05, 0.1) is 13.0 Å². The van der Waals surface area contributed by atoms with E-state index in [9.17, 15) is 4.79 Å². The first kappa shape index (κ1) is 19.7. The maximum atomic E-state index is 12.2. The fraction of sp³-hybridized carbons (Fsp3) is 0.435. The Morgan fingerprint density at radius 3 is 2.45 bits per heavy atom. The third kappa shape index (κ3) is 6.21. The molecule has 154 valence electrons. The zero-order chi connectivity index (χ0) is 19.9. The van der Waals surface area contributed by atoms with Crippen molar-refractivity contribution in [2.75, 3.05) is 57.4 Å². The SMILES string of the molecule is O=C(Cc1ccc(OCC2CO2)cc1)NCCN1CCN(c2ccccc2)CC1. The van der Waals surface area contributed by atoms with Gasteiger partial charge in [0.15, 0.2) is 0 Å². The molecule has 0 radical (unpaired) electrons. The molecule has 2 heterocycles. The second-order valence-electron chi connectivity index (χ2n) is 7.60. The molecule has 6 heteroatoms. The van der Waals surface area contributed by atoms with Crippen molar-refractivity contribution in [2.24, 2.45) is 0 Å². The molecular formula is C23H29N3O3. The molecule has 4 rings (SSSR count). The number of amides is 1. The Kier molecular flexibility index (Phi) is 6.64. The second-order valence-corrected chi connectivity index (χ2v) is 7.60. The zero-order valence-electron chi connectivity index (χ0n) is 16.8. The van der Waals surface area contributed by atoms with E-state index in [1.165, 1.54) is 5.69 Å². The predicted molar refractivity (Wildman–Crippen MR) is 113 cm³/mol. The highest BCUT2D eigenvalue weighted by atomic mass is 16.6. The van der Waals surface area contributed by atoms with Crippen molar-refractivity contribution in [3.05, 3.63) is 60.2 Å². The summed E-state index contributed by atoms with van der Waals surface area (Å²) in [6.45, 7) is 7.08. The number of hydrogen-bond donors (Lipinski definition) is 1. The monoisotopic (exact) mass is 395 g/mol. The summed E-state index contributed by atoms with van der Waals surface area (Å²) in [7, 11) is 0. The Bertz CT molecular complexity index is 770. The first-order chi connectivity index (χ1) is 14.3. The van der Waals surface area contributed by atoms with Crippen LogP contribution in [0.25, 0.3) is 0 Å². The smallest absolute Gasteiger partial charge is 0.224 e. The number of benzene rings is 2. The molecule has 1 unspecified atom stereocenters. The number of para-hydroxylation sites is 1. The molecule has 0 aromatic heterocycles. The minimum Gasteiger partial charge on any atom is -0.491 e. The lowest BCUT2D eigenvalue weighted by molar-refractivity contribution is -0.120. The van der Waals surface area contributed by atoms with Crippen LogP contribution in [0.2, 0.25) is 0 Å². The lowest BCUT2D eigenvalue weighted by atomic mass is 10.1. The number of anilines is 1. The van der Waals surface area contributed by atoms with E-state index in [0.717, 1.165) is 50.6 Å². The van der Waals surface area contributed by atoms with Gasteiger partial charge in [0.1, 0.15) is 18.5 Å². The molecule has 2 aliphatic rings. The first-order valence-corrected chi connectivity index (χ1v) is 10.4. The van der Waals surface area contributed by atoms with Gasteiger partial charge in [-0.15, -0.1) is 0 Å². The molecule has 0 bridgehead atoms. The highest BCUT2D eigenvalue weighted by Gasteiger charge is 2.23. The molecule has 0 aliphatic carbocycles. The molecule has 2 fully saturated rings.